The molecule has 1 amide bonds. The van der Waals surface area contributed by atoms with Crippen LogP contribution < -0.4 is 4.90 Å². The van der Waals surface area contributed by atoms with Crippen LogP contribution in [-0.4, -0.2) is 42.0 Å². The maximum absolute atomic E-state index is 13.0. The molecule has 0 bridgehead atoms. The second-order valence-corrected chi connectivity index (χ2v) is 8.03. The molecule has 1 atom stereocenters. The van der Waals surface area contributed by atoms with Crippen molar-refractivity contribution in [3.63, 3.8) is 0 Å². The summed E-state index contributed by atoms with van der Waals surface area (Å²) in [5, 5.41) is 9.62. The van der Waals surface area contributed by atoms with Gasteiger partial charge in [-0.25, -0.2) is 4.98 Å². The minimum atomic E-state index is 0.103. The topological polar surface area (TPSA) is 60.2 Å². The van der Waals surface area contributed by atoms with Crippen LogP contribution in [0.25, 0.3) is 0 Å². The van der Waals surface area contributed by atoms with Crippen LogP contribution in [0.3, 0.4) is 0 Å². The minimum absolute atomic E-state index is 0.103. The van der Waals surface area contributed by atoms with Crippen molar-refractivity contribution in [3.8, 4) is 6.07 Å². The first-order valence-electron chi connectivity index (χ1n) is 9.79. The highest BCUT2D eigenvalue weighted by molar-refractivity contribution is 6.30. The van der Waals surface area contributed by atoms with Crippen molar-refractivity contribution in [2.45, 2.75) is 25.2 Å². The summed E-state index contributed by atoms with van der Waals surface area (Å²) in [4.78, 5) is 21.4. The molecular weight excluding hydrogens is 372 g/mol. The SMILES string of the molecule is N#Cc1ccc(N2CCC(C(=O)N3CCC(c4ccc(Cl)cc4)C3)CC2)cn1. The van der Waals surface area contributed by atoms with E-state index in [2.05, 4.69) is 22.0 Å². The van der Waals surface area contributed by atoms with Gasteiger partial charge in [0.15, 0.2) is 0 Å². The molecule has 2 aromatic rings. The molecule has 0 saturated carbocycles. The Morgan fingerprint density at radius 2 is 1.82 bits per heavy atom. The Morgan fingerprint density at radius 3 is 2.46 bits per heavy atom. The summed E-state index contributed by atoms with van der Waals surface area (Å²) >= 11 is 5.98. The Morgan fingerprint density at radius 1 is 1.07 bits per heavy atom. The third kappa shape index (κ3) is 3.98. The molecule has 0 aliphatic carbocycles. The minimum Gasteiger partial charge on any atom is -0.370 e. The monoisotopic (exact) mass is 394 g/mol. The molecule has 0 N–H and O–H groups in total. The summed E-state index contributed by atoms with van der Waals surface area (Å²) in [6.07, 6.45) is 4.49. The van der Waals surface area contributed by atoms with Gasteiger partial charge in [0.2, 0.25) is 5.91 Å². The molecular formula is C22H23ClN4O. The van der Waals surface area contributed by atoms with Crippen LogP contribution in [0.2, 0.25) is 5.02 Å². The van der Waals surface area contributed by atoms with Crippen molar-refractivity contribution in [2.75, 3.05) is 31.1 Å². The summed E-state index contributed by atoms with van der Waals surface area (Å²) in [6, 6.07) is 13.7. The third-order valence-electron chi connectivity index (χ3n) is 5.91. The number of amides is 1. The van der Waals surface area contributed by atoms with Gasteiger partial charge in [-0.3, -0.25) is 4.79 Å². The van der Waals surface area contributed by atoms with Gasteiger partial charge in [-0.15, -0.1) is 0 Å². The van der Waals surface area contributed by atoms with E-state index in [-0.39, 0.29) is 5.92 Å². The number of hydrogen-bond donors (Lipinski definition) is 0. The number of pyridine rings is 1. The Labute approximate surface area is 170 Å². The van der Waals surface area contributed by atoms with E-state index < -0.39 is 0 Å². The Bertz CT molecular complexity index is 867. The number of aromatic nitrogens is 1. The van der Waals surface area contributed by atoms with Gasteiger partial charge in [-0.1, -0.05) is 23.7 Å². The standard InChI is InChI=1S/C22H23ClN4O/c23-19-3-1-16(2-4-19)18-9-12-27(15-18)22(28)17-7-10-26(11-8-17)21-6-5-20(13-24)25-14-21/h1-6,14,17-18H,7-12,15H2. The quantitative estimate of drug-likeness (QED) is 0.793. The van der Waals surface area contributed by atoms with Gasteiger partial charge < -0.3 is 9.80 Å². The fraction of sp³-hybridized carbons (Fsp3) is 0.409. The number of carbonyl (C=O) groups is 1. The first kappa shape index (κ1) is 18.8. The zero-order valence-electron chi connectivity index (χ0n) is 15.7. The van der Waals surface area contributed by atoms with Crippen molar-refractivity contribution < 1.29 is 4.79 Å². The molecule has 5 nitrogen and oxygen atoms in total. The molecule has 1 aromatic carbocycles. The van der Waals surface area contributed by atoms with E-state index in [1.54, 1.807) is 12.3 Å². The van der Waals surface area contributed by atoms with Crippen molar-refractivity contribution in [1.82, 2.24) is 9.88 Å². The first-order valence-corrected chi connectivity index (χ1v) is 10.2. The van der Waals surface area contributed by atoms with Crippen LogP contribution in [0.4, 0.5) is 5.69 Å². The predicted molar refractivity (Wildman–Crippen MR) is 109 cm³/mol. The number of rotatable bonds is 3. The molecule has 3 heterocycles. The number of piperidine rings is 1. The smallest absolute Gasteiger partial charge is 0.225 e. The Kier molecular flexibility index (Phi) is 5.50. The molecule has 0 radical (unpaired) electrons. The Hall–Kier alpha value is -2.58. The lowest BCUT2D eigenvalue weighted by atomic mass is 9.95. The summed E-state index contributed by atoms with van der Waals surface area (Å²) in [6.45, 7) is 3.34. The van der Waals surface area contributed by atoms with Crippen LogP contribution in [0.15, 0.2) is 42.6 Å². The zero-order chi connectivity index (χ0) is 19.5. The fourth-order valence-electron chi connectivity index (χ4n) is 4.25. The van der Waals surface area contributed by atoms with Gasteiger partial charge in [0.1, 0.15) is 11.8 Å². The largest absolute Gasteiger partial charge is 0.370 e. The fourth-order valence-corrected chi connectivity index (χ4v) is 4.38. The highest BCUT2D eigenvalue weighted by Crippen LogP contribution is 2.31. The molecule has 144 valence electrons. The van der Waals surface area contributed by atoms with Gasteiger partial charge in [-0.2, -0.15) is 5.26 Å². The lowest BCUT2D eigenvalue weighted by molar-refractivity contribution is -0.135. The van der Waals surface area contributed by atoms with Gasteiger partial charge >= 0.3 is 0 Å². The molecule has 2 fully saturated rings. The average molecular weight is 395 g/mol. The number of hydrogen-bond acceptors (Lipinski definition) is 4. The summed E-state index contributed by atoms with van der Waals surface area (Å²) in [5.41, 5.74) is 2.72. The van der Waals surface area contributed by atoms with E-state index >= 15 is 0 Å². The second-order valence-electron chi connectivity index (χ2n) is 7.60. The van der Waals surface area contributed by atoms with E-state index in [9.17, 15) is 4.79 Å². The zero-order valence-corrected chi connectivity index (χ0v) is 16.5. The van der Waals surface area contributed by atoms with Crippen molar-refractivity contribution in [3.05, 3.63) is 58.9 Å². The third-order valence-corrected chi connectivity index (χ3v) is 6.17. The van der Waals surface area contributed by atoms with Crippen LogP contribution in [-0.2, 0) is 4.79 Å². The molecule has 2 aliphatic heterocycles. The molecule has 2 aliphatic rings. The van der Waals surface area contributed by atoms with E-state index in [0.29, 0.717) is 17.5 Å². The molecule has 2 saturated heterocycles. The van der Waals surface area contributed by atoms with Gasteiger partial charge in [0, 0.05) is 43.0 Å². The van der Waals surface area contributed by atoms with Crippen LogP contribution in [0.1, 0.15) is 36.4 Å². The number of likely N-dealkylation sites (tertiary alicyclic amines) is 1. The lowest BCUT2D eigenvalue weighted by Gasteiger charge is -2.34. The van der Waals surface area contributed by atoms with Gasteiger partial charge in [0.25, 0.3) is 0 Å². The van der Waals surface area contributed by atoms with E-state index in [0.717, 1.165) is 56.2 Å². The summed E-state index contributed by atoms with van der Waals surface area (Å²) < 4.78 is 0. The molecule has 6 heteroatoms. The highest BCUT2D eigenvalue weighted by Gasteiger charge is 2.33. The molecule has 1 unspecified atom stereocenters. The molecule has 28 heavy (non-hydrogen) atoms. The van der Waals surface area contributed by atoms with Crippen LogP contribution in [0, 0.1) is 17.2 Å². The normalized spacial score (nSPS) is 20.2. The van der Waals surface area contributed by atoms with Crippen LogP contribution in [0.5, 0.6) is 0 Å². The summed E-state index contributed by atoms with van der Waals surface area (Å²) in [7, 11) is 0. The van der Waals surface area contributed by atoms with E-state index in [1.807, 2.05) is 29.2 Å². The maximum atomic E-state index is 13.0. The maximum Gasteiger partial charge on any atom is 0.225 e. The van der Waals surface area contributed by atoms with E-state index in [4.69, 9.17) is 16.9 Å². The van der Waals surface area contributed by atoms with E-state index in [1.165, 1.54) is 5.56 Å². The number of anilines is 1. The molecule has 1 aromatic heterocycles. The number of nitriles is 1. The van der Waals surface area contributed by atoms with Crippen LogP contribution >= 0.6 is 11.6 Å². The molecule has 4 rings (SSSR count). The van der Waals surface area contributed by atoms with Gasteiger partial charge in [0.05, 0.1) is 11.9 Å². The number of carbonyl (C=O) groups excluding carboxylic acids is 1. The first-order chi connectivity index (χ1) is 13.6. The van der Waals surface area contributed by atoms with Gasteiger partial charge in [-0.05, 0) is 49.1 Å². The predicted octanol–water partition coefficient (Wildman–Crippen LogP) is 3.84. The lowest BCUT2D eigenvalue weighted by Crippen LogP contribution is -2.41. The molecule has 0 spiro atoms. The number of halogens is 1. The van der Waals surface area contributed by atoms with Crippen molar-refractivity contribution in [2.24, 2.45) is 5.92 Å². The Balaban J connectivity index is 1.31. The highest BCUT2D eigenvalue weighted by atomic mass is 35.5. The van der Waals surface area contributed by atoms with Crippen molar-refractivity contribution >= 4 is 23.2 Å². The van der Waals surface area contributed by atoms with Crippen molar-refractivity contribution in [1.29, 1.82) is 5.26 Å². The number of nitrogens with zero attached hydrogens (tertiary/aromatic N) is 4. The average Bonchev–Trinajstić information content (AvgIpc) is 3.24. The second kappa shape index (κ2) is 8.20. The summed E-state index contributed by atoms with van der Waals surface area (Å²) in [5.74, 6) is 0.812. The number of benzene rings is 1.